The molecule has 2 aliphatic heterocycles. The van der Waals surface area contributed by atoms with Gasteiger partial charge in [0.2, 0.25) is 0 Å². The molecule has 2 aliphatic rings. The average molecular weight is 532 g/mol. The van der Waals surface area contributed by atoms with E-state index < -0.39 is 11.9 Å². The van der Waals surface area contributed by atoms with Gasteiger partial charge in [-0.25, -0.2) is 14.0 Å². The molecule has 39 heavy (non-hydrogen) atoms. The van der Waals surface area contributed by atoms with Gasteiger partial charge in [0.1, 0.15) is 17.2 Å². The molecule has 202 valence electrons. The number of Topliss-reactive ketones (excluding diaryl/α,β-unsaturated/α-hetero) is 1. The van der Waals surface area contributed by atoms with Crippen LogP contribution in [0.3, 0.4) is 0 Å². The fourth-order valence-electron chi connectivity index (χ4n) is 5.24. The lowest BCUT2D eigenvalue weighted by molar-refractivity contribution is -0.134. The van der Waals surface area contributed by atoms with Gasteiger partial charge in [-0.3, -0.25) is 4.79 Å². The summed E-state index contributed by atoms with van der Waals surface area (Å²) in [6.45, 7) is 2.72. The van der Waals surface area contributed by atoms with Crippen molar-refractivity contribution in [3.8, 4) is 5.75 Å². The van der Waals surface area contributed by atoms with Gasteiger partial charge in [0.05, 0.1) is 0 Å². The highest BCUT2D eigenvalue weighted by Gasteiger charge is 2.52. The minimum absolute atomic E-state index is 0.0742. The summed E-state index contributed by atoms with van der Waals surface area (Å²) in [5.41, 5.74) is 2.79. The fourth-order valence-corrected chi connectivity index (χ4v) is 5.24. The Kier molecular flexibility index (Phi) is 8.88. The number of ketones is 1. The van der Waals surface area contributed by atoms with Crippen molar-refractivity contribution in [1.82, 2.24) is 4.90 Å². The van der Waals surface area contributed by atoms with E-state index in [1.54, 1.807) is 12.1 Å². The highest BCUT2D eigenvalue weighted by atomic mass is 19.1. The first-order valence-corrected chi connectivity index (χ1v) is 12.8. The Labute approximate surface area is 226 Å². The molecule has 0 radical (unpaired) electrons. The third-order valence-corrected chi connectivity index (χ3v) is 7.06. The van der Waals surface area contributed by atoms with E-state index in [2.05, 4.69) is 47.4 Å². The van der Waals surface area contributed by atoms with Crippen molar-refractivity contribution in [2.75, 3.05) is 19.6 Å². The molecule has 8 heteroatoms. The van der Waals surface area contributed by atoms with Gasteiger partial charge >= 0.3 is 11.9 Å². The fraction of sp³-hybridized carbons (Fsp3) is 0.258. The topological polar surface area (TPSA) is 104 Å². The van der Waals surface area contributed by atoms with E-state index in [1.165, 1.54) is 23.3 Å². The minimum Gasteiger partial charge on any atom is -0.482 e. The number of fused-ring (bicyclic) bond motifs is 3. The summed E-state index contributed by atoms with van der Waals surface area (Å²) in [4.78, 5) is 34.0. The predicted octanol–water partition coefficient (Wildman–Crippen LogP) is 5.28. The van der Waals surface area contributed by atoms with Crippen LogP contribution in [0.1, 0.15) is 46.7 Å². The number of carboxylic acids is 2. The second-order valence-electron chi connectivity index (χ2n) is 9.54. The molecule has 0 saturated carbocycles. The molecular weight excluding hydrogens is 501 g/mol. The summed E-state index contributed by atoms with van der Waals surface area (Å²) >= 11 is 0. The van der Waals surface area contributed by atoms with E-state index in [4.69, 9.17) is 14.9 Å². The number of likely N-dealkylation sites (tertiary alicyclic amines) is 1. The van der Waals surface area contributed by atoms with Crippen LogP contribution in [0, 0.1) is 5.82 Å². The maximum Gasteiger partial charge on any atom is 0.328 e. The van der Waals surface area contributed by atoms with Crippen LogP contribution in [-0.2, 0) is 15.2 Å². The van der Waals surface area contributed by atoms with Gasteiger partial charge in [-0.15, -0.1) is 0 Å². The third-order valence-electron chi connectivity index (χ3n) is 7.06. The summed E-state index contributed by atoms with van der Waals surface area (Å²) in [5.74, 6) is -1.49. The number of aliphatic carboxylic acids is 2. The molecule has 2 N–H and O–H groups in total. The second-order valence-corrected chi connectivity index (χ2v) is 9.54. The standard InChI is InChI=1S/C27H26FNO2.C4H4O4/c28-22-14-12-20(13-15-22)25(30)10-6-17-29-18-16-27(21-7-2-1-3-8-21)24(19-29)23-9-4-5-11-26(23)31-27;5-3(6)1-2-4(7)8/h1-5,7-9,11-15,24H,6,10,16-19H2;1-2H,(H,5,6)(H,7,8)/b;2-1-/t24-,27+;/m1./s1. The molecule has 0 bridgehead atoms. The zero-order valence-corrected chi connectivity index (χ0v) is 21.3. The molecule has 2 atom stereocenters. The Bertz CT molecular complexity index is 1320. The summed E-state index contributed by atoms with van der Waals surface area (Å²) < 4.78 is 19.7. The molecule has 3 aromatic carbocycles. The van der Waals surface area contributed by atoms with Crippen molar-refractivity contribution in [2.45, 2.75) is 30.8 Å². The van der Waals surface area contributed by atoms with Crippen LogP contribution in [0.25, 0.3) is 0 Å². The van der Waals surface area contributed by atoms with Gasteiger partial charge in [0, 0.05) is 55.1 Å². The van der Waals surface area contributed by atoms with Crippen molar-refractivity contribution in [3.05, 3.63) is 114 Å². The summed E-state index contributed by atoms with van der Waals surface area (Å²) in [7, 11) is 0. The number of hydrogen-bond donors (Lipinski definition) is 2. The number of rotatable bonds is 8. The molecule has 0 amide bonds. The maximum absolute atomic E-state index is 13.1. The van der Waals surface area contributed by atoms with E-state index in [-0.39, 0.29) is 23.1 Å². The molecule has 0 unspecified atom stereocenters. The first-order chi connectivity index (χ1) is 18.8. The van der Waals surface area contributed by atoms with E-state index in [0.717, 1.165) is 38.2 Å². The minimum atomic E-state index is -1.26. The molecule has 2 heterocycles. The number of para-hydroxylation sites is 1. The molecule has 5 rings (SSSR count). The molecule has 3 aromatic rings. The van der Waals surface area contributed by atoms with E-state index in [1.807, 2.05) is 12.1 Å². The monoisotopic (exact) mass is 531 g/mol. The highest BCUT2D eigenvalue weighted by molar-refractivity contribution is 5.96. The quantitative estimate of drug-likeness (QED) is 0.301. The van der Waals surface area contributed by atoms with Crippen LogP contribution >= 0.6 is 0 Å². The number of piperidine rings is 1. The van der Waals surface area contributed by atoms with E-state index in [9.17, 15) is 18.8 Å². The predicted molar refractivity (Wildman–Crippen MR) is 143 cm³/mol. The highest BCUT2D eigenvalue weighted by Crippen LogP contribution is 2.54. The molecule has 0 aliphatic carbocycles. The SMILES string of the molecule is O=C(CCCN1CC[C@@]2(c3ccccc3)Oc3ccccc3[C@H]2C1)c1ccc(F)cc1.O=C(O)/C=C\C(=O)O. The van der Waals surface area contributed by atoms with Gasteiger partial charge in [0.15, 0.2) is 5.78 Å². The number of carboxylic acid groups (broad SMARTS) is 2. The van der Waals surface area contributed by atoms with Gasteiger partial charge in [-0.2, -0.15) is 0 Å². The number of ether oxygens (including phenoxy) is 1. The van der Waals surface area contributed by atoms with Crippen LogP contribution in [0.5, 0.6) is 5.75 Å². The Morgan fingerprint density at radius 1 is 0.923 bits per heavy atom. The van der Waals surface area contributed by atoms with Crippen molar-refractivity contribution in [2.24, 2.45) is 0 Å². The second kappa shape index (κ2) is 12.5. The zero-order chi connectivity index (χ0) is 27.8. The first kappa shape index (κ1) is 27.7. The van der Waals surface area contributed by atoms with Crippen LogP contribution in [0.2, 0.25) is 0 Å². The zero-order valence-electron chi connectivity index (χ0n) is 21.3. The Balaban J connectivity index is 0.000000386. The number of carbonyl (C=O) groups is 3. The normalized spacial score (nSPS) is 19.8. The van der Waals surface area contributed by atoms with Crippen molar-refractivity contribution >= 4 is 17.7 Å². The van der Waals surface area contributed by atoms with Crippen LogP contribution < -0.4 is 4.74 Å². The average Bonchev–Trinajstić information content (AvgIpc) is 3.28. The van der Waals surface area contributed by atoms with E-state index in [0.29, 0.717) is 24.1 Å². The molecule has 7 nitrogen and oxygen atoms in total. The van der Waals surface area contributed by atoms with Gasteiger partial charge in [0.25, 0.3) is 0 Å². The molecule has 0 spiro atoms. The van der Waals surface area contributed by atoms with Gasteiger partial charge < -0.3 is 19.8 Å². The molecular formula is C31H30FNO6. The summed E-state index contributed by atoms with van der Waals surface area (Å²) in [6.07, 6.45) is 3.31. The third kappa shape index (κ3) is 6.78. The smallest absolute Gasteiger partial charge is 0.328 e. The summed E-state index contributed by atoms with van der Waals surface area (Å²) in [5, 5.41) is 15.6. The van der Waals surface area contributed by atoms with Crippen LogP contribution in [0.4, 0.5) is 4.39 Å². The van der Waals surface area contributed by atoms with Crippen LogP contribution in [0.15, 0.2) is 91.0 Å². The van der Waals surface area contributed by atoms with Gasteiger partial charge in [-0.1, -0.05) is 48.5 Å². The van der Waals surface area contributed by atoms with Crippen LogP contribution in [-0.4, -0.2) is 52.5 Å². The largest absolute Gasteiger partial charge is 0.482 e. The Morgan fingerprint density at radius 3 is 2.23 bits per heavy atom. The Hall–Kier alpha value is -4.30. The number of hydrogen-bond acceptors (Lipinski definition) is 5. The van der Waals surface area contributed by atoms with Gasteiger partial charge in [-0.05, 0) is 48.9 Å². The number of benzene rings is 3. The van der Waals surface area contributed by atoms with Crippen molar-refractivity contribution in [1.29, 1.82) is 0 Å². The van der Waals surface area contributed by atoms with E-state index >= 15 is 0 Å². The Morgan fingerprint density at radius 2 is 1.56 bits per heavy atom. The molecule has 0 aromatic heterocycles. The number of halogens is 1. The summed E-state index contributed by atoms with van der Waals surface area (Å²) in [6, 6.07) is 24.8. The lowest BCUT2D eigenvalue weighted by atomic mass is 9.74. The molecule has 1 saturated heterocycles. The maximum atomic E-state index is 13.1. The first-order valence-electron chi connectivity index (χ1n) is 12.8. The van der Waals surface area contributed by atoms with Crippen molar-refractivity contribution in [3.63, 3.8) is 0 Å². The number of carbonyl (C=O) groups excluding carboxylic acids is 1. The lowest BCUT2D eigenvalue weighted by Gasteiger charge is -2.43. The lowest BCUT2D eigenvalue weighted by Crippen LogP contribution is -2.49. The number of nitrogens with zero attached hydrogens (tertiary/aromatic N) is 1. The molecule has 1 fully saturated rings. The van der Waals surface area contributed by atoms with Crippen molar-refractivity contribution < 1.29 is 33.7 Å².